The zero-order chi connectivity index (χ0) is 15.8. The lowest BCUT2D eigenvalue weighted by molar-refractivity contribution is 0.0811. The van der Waals surface area contributed by atoms with Gasteiger partial charge in [-0.2, -0.15) is 0 Å². The van der Waals surface area contributed by atoms with Gasteiger partial charge in [-0.25, -0.2) is 0 Å². The topological polar surface area (TPSA) is 125 Å². The summed E-state index contributed by atoms with van der Waals surface area (Å²) in [5.41, 5.74) is 13.3. The maximum Gasteiger partial charge on any atom is 0.0794 e. The number of hydrogen-bond donors (Lipinski definition) is 6. The van der Waals surface area contributed by atoms with Crippen LogP contribution in [0.4, 0.5) is 5.69 Å². The molecule has 6 nitrogen and oxygen atoms in total. The molecule has 0 aliphatic rings. The Bertz CT molecular complexity index is 400. The van der Waals surface area contributed by atoms with Crippen molar-refractivity contribution in [3.63, 3.8) is 0 Å². The maximum atomic E-state index is 10.3. The minimum absolute atomic E-state index is 0.109. The van der Waals surface area contributed by atoms with Crippen LogP contribution in [0.25, 0.3) is 0 Å². The molecule has 4 unspecified atom stereocenters. The van der Waals surface area contributed by atoms with E-state index in [0.717, 1.165) is 11.3 Å². The van der Waals surface area contributed by atoms with E-state index < -0.39 is 18.2 Å². The molecule has 1 rings (SSSR count). The fourth-order valence-electron chi connectivity index (χ4n) is 2.14. The number of hydrogen-bond acceptors (Lipinski definition) is 6. The highest BCUT2D eigenvalue weighted by molar-refractivity contribution is 5.46. The summed E-state index contributed by atoms with van der Waals surface area (Å²) in [5.74, 6) is -0.131. The summed E-state index contributed by atoms with van der Waals surface area (Å²) in [7, 11) is 0. The highest BCUT2D eigenvalue weighted by Gasteiger charge is 2.28. The van der Waals surface area contributed by atoms with E-state index in [1.54, 1.807) is 0 Å². The van der Waals surface area contributed by atoms with Crippen LogP contribution >= 0.6 is 0 Å². The highest BCUT2D eigenvalue weighted by Crippen LogP contribution is 2.17. The lowest BCUT2D eigenvalue weighted by Crippen LogP contribution is -2.53. The summed E-state index contributed by atoms with van der Waals surface area (Å²) < 4.78 is 0. The van der Waals surface area contributed by atoms with Gasteiger partial charge in [-0.3, -0.25) is 0 Å². The number of benzene rings is 1. The third kappa shape index (κ3) is 5.26. The van der Waals surface area contributed by atoms with Crippen LogP contribution in [0.3, 0.4) is 0 Å². The van der Waals surface area contributed by atoms with Crippen LogP contribution < -0.4 is 16.8 Å². The molecule has 120 valence electrons. The Labute approximate surface area is 125 Å². The molecule has 1 aromatic carbocycles. The number of nitrogens with one attached hydrogen (secondary N) is 1. The first-order valence-electron chi connectivity index (χ1n) is 7.24. The molecular formula is C15H27N3O3. The van der Waals surface area contributed by atoms with Crippen molar-refractivity contribution in [3.05, 3.63) is 29.8 Å². The Balaban J connectivity index is 2.80. The Morgan fingerprint density at radius 2 is 1.81 bits per heavy atom. The molecule has 8 N–H and O–H groups in total. The Morgan fingerprint density at radius 1 is 1.19 bits per heavy atom. The smallest absolute Gasteiger partial charge is 0.0794 e. The van der Waals surface area contributed by atoms with Crippen LogP contribution in [-0.2, 0) is 6.42 Å². The van der Waals surface area contributed by atoms with Crippen LogP contribution in [0.15, 0.2) is 24.3 Å². The van der Waals surface area contributed by atoms with Crippen LogP contribution in [0, 0.1) is 5.92 Å². The average molecular weight is 297 g/mol. The second-order valence-corrected chi connectivity index (χ2v) is 5.39. The zero-order valence-electron chi connectivity index (χ0n) is 12.4. The fourth-order valence-corrected chi connectivity index (χ4v) is 2.14. The minimum Gasteiger partial charge on any atom is -0.396 e. The van der Waals surface area contributed by atoms with Crippen molar-refractivity contribution in [1.82, 2.24) is 0 Å². The molecule has 6 heteroatoms. The Kier molecular flexibility index (Phi) is 7.63. The monoisotopic (exact) mass is 297 g/mol. The summed E-state index contributed by atoms with van der Waals surface area (Å²) >= 11 is 0. The van der Waals surface area contributed by atoms with Gasteiger partial charge in [0.1, 0.15) is 0 Å². The van der Waals surface area contributed by atoms with E-state index in [2.05, 4.69) is 5.32 Å². The van der Waals surface area contributed by atoms with Crippen LogP contribution in [-0.4, -0.2) is 53.3 Å². The molecule has 0 aliphatic heterocycles. The number of aliphatic hydroxyl groups excluding tert-OH is 3. The van der Waals surface area contributed by atoms with Crippen molar-refractivity contribution in [2.24, 2.45) is 17.4 Å². The molecule has 21 heavy (non-hydrogen) atoms. The lowest BCUT2D eigenvalue weighted by atomic mass is 9.93. The van der Waals surface area contributed by atoms with Gasteiger partial charge in [-0.15, -0.1) is 0 Å². The van der Waals surface area contributed by atoms with Crippen LogP contribution in [0.2, 0.25) is 0 Å². The minimum atomic E-state index is -0.755. The first-order valence-corrected chi connectivity index (χ1v) is 7.24. The van der Waals surface area contributed by atoms with Crippen molar-refractivity contribution in [2.45, 2.75) is 31.5 Å². The Hall–Kier alpha value is -1.18. The molecule has 0 saturated heterocycles. The van der Waals surface area contributed by atoms with E-state index in [0.29, 0.717) is 13.0 Å². The maximum absolute atomic E-state index is 10.3. The molecule has 1 aromatic rings. The first kappa shape index (κ1) is 17.9. The normalized spacial score (nSPS) is 17.0. The summed E-state index contributed by atoms with van der Waals surface area (Å²) in [4.78, 5) is 0. The first-order chi connectivity index (χ1) is 10.0. The standard InChI is InChI=1S/C15H27N3O3/c1-10(8-16)15(21)14(13(17)9-20)18-12-4-2-11(3-5-12)6-7-19/h2-5,10,13-15,18-21H,6-9,16-17H2,1H3. The molecule has 0 bridgehead atoms. The van der Waals surface area contributed by atoms with Gasteiger partial charge < -0.3 is 32.1 Å². The number of anilines is 1. The van der Waals surface area contributed by atoms with E-state index in [4.69, 9.17) is 16.6 Å². The second-order valence-electron chi connectivity index (χ2n) is 5.39. The second kappa shape index (κ2) is 8.96. The molecule has 0 heterocycles. The van der Waals surface area contributed by atoms with Crippen LogP contribution in [0.1, 0.15) is 12.5 Å². The predicted octanol–water partition coefficient (Wildman–Crippen LogP) is -0.723. The van der Waals surface area contributed by atoms with Gasteiger partial charge in [0, 0.05) is 12.3 Å². The van der Waals surface area contributed by atoms with Crippen molar-refractivity contribution in [2.75, 3.05) is 25.1 Å². The van der Waals surface area contributed by atoms with E-state index in [1.807, 2.05) is 31.2 Å². The molecule has 0 radical (unpaired) electrons. The quantitative estimate of drug-likeness (QED) is 0.357. The third-order valence-electron chi connectivity index (χ3n) is 3.68. The fraction of sp³-hybridized carbons (Fsp3) is 0.600. The molecule has 0 spiro atoms. The highest BCUT2D eigenvalue weighted by atomic mass is 16.3. The largest absolute Gasteiger partial charge is 0.396 e. The van der Waals surface area contributed by atoms with Crippen LogP contribution in [0.5, 0.6) is 0 Å². The lowest BCUT2D eigenvalue weighted by Gasteiger charge is -2.32. The number of aliphatic hydroxyl groups is 3. The molecule has 4 atom stereocenters. The average Bonchev–Trinajstić information content (AvgIpc) is 2.52. The van der Waals surface area contributed by atoms with Gasteiger partial charge in [-0.1, -0.05) is 19.1 Å². The van der Waals surface area contributed by atoms with E-state index in [9.17, 15) is 10.2 Å². The summed E-state index contributed by atoms with van der Waals surface area (Å²) in [6.45, 7) is 2.06. The van der Waals surface area contributed by atoms with Gasteiger partial charge in [0.25, 0.3) is 0 Å². The molecule has 0 aliphatic carbocycles. The number of nitrogens with two attached hydrogens (primary N) is 2. The van der Waals surface area contributed by atoms with Gasteiger partial charge in [-0.05, 0) is 36.6 Å². The molecule has 0 saturated carbocycles. The zero-order valence-corrected chi connectivity index (χ0v) is 12.4. The van der Waals surface area contributed by atoms with Crippen molar-refractivity contribution < 1.29 is 15.3 Å². The molecule has 0 fully saturated rings. The molecule has 0 amide bonds. The Morgan fingerprint density at radius 3 is 2.29 bits per heavy atom. The predicted molar refractivity (Wildman–Crippen MR) is 83.9 cm³/mol. The van der Waals surface area contributed by atoms with Gasteiger partial charge in [0.15, 0.2) is 0 Å². The van der Waals surface area contributed by atoms with Gasteiger partial charge in [0.2, 0.25) is 0 Å². The van der Waals surface area contributed by atoms with Crippen molar-refractivity contribution >= 4 is 5.69 Å². The SMILES string of the molecule is CC(CN)C(O)C(Nc1ccc(CCO)cc1)C(N)CO. The third-order valence-corrected chi connectivity index (χ3v) is 3.68. The van der Waals surface area contributed by atoms with Gasteiger partial charge in [0.05, 0.1) is 24.8 Å². The number of rotatable bonds is 9. The summed E-state index contributed by atoms with van der Waals surface area (Å²) in [6, 6.07) is 6.45. The summed E-state index contributed by atoms with van der Waals surface area (Å²) in [6.07, 6.45) is -0.151. The van der Waals surface area contributed by atoms with E-state index in [1.165, 1.54) is 0 Å². The van der Waals surface area contributed by atoms with Crippen molar-refractivity contribution in [3.8, 4) is 0 Å². The van der Waals surface area contributed by atoms with Gasteiger partial charge >= 0.3 is 0 Å². The summed E-state index contributed by atoms with van der Waals surface area (Å²) in [5, 5.41) is 31.6. The van der Waals surface area contributed by atoms with E-state index >= 15 is 0 Å². The molecule has 0 aromatic heterocycles. The van der Waals surface area contributed by atoms with E-state index in [-0.39, 0.29) is 19.1 Å². The van der Waals surface area contributed by atoms with Crippen molar-refractivity contribution in [1.29, 1.82) is 0 Å². The molecular weight excluding hydrogens is 270 g/mol.